The number of likely N-dealkylation sites (N-methyl/N-ethyl adjacent to an activating group) is 1. The summed E-state index contributed by atoms with van der Waals surface area (Å²) < 4.78 is 23.1. The first-order valence-corrected chi connectivity index (χ1v) is 8.12. The molecule has 7 nitrogen and oxygen atoms in total. The van der Waals surface area contributed by atoms with Crippen molar-refractivity contribution >= 4 is 19.4 Å². The van der Waals surface area contributed by atoms with Crippen LogP contribution in [0.4, 0.5) is 0 Å². The Morgan fingerprint density at radius 2 is 1.80 bits per heavy atom. The van der Waals surface area contributed by atoms with Crippen LogP contribution in [0.15, 0.2) is 0 Å². The van der Waals surface area contributed by atoms with E-state index in [9.17, 15) is 14.2 Å². The van der Waals surface area contributed by atoms with Crippen LogP contribution in [0.5, 0.6) is 0 Å². The van der Waals surface area contributed by atoms with Gasteiger partial charge in [-0.1, -0.05) is 0 Å². The van der Waals surface area contributed by atoms with Gasteiger partial charge in [0.25, 0.3) is 0 Å². The molecule has 0 fully saturated rings. The third kappa shape index (κ3) is 8.58. The molecule has 0 aliphatic carbocycles. The van der Waals surface area contributed by atoms with Crippen molar-refractivity contribution in [3.8, 4) is 0 Å². The molecule has 0 spiro atoms. The molecule has 0 rings (SSSR count). The van der Waals surface area contributed by atoms with Crippen LogP contribution in [-0.4, -0.2) is 49.6 Å². The van der Waals surface area contributed by atoms with Gasteiger partial charge in [0.05, 0.1) is 13.2 Å². The Balaban J connectivity index is 0. The van der Waals surface area contributed by atoms with E-state index in [1.54, 1.807) is 20.8 Å². The van der Waals surface area contributed by atoms with Crippen molar-refractivity contribution in [1.29, 1.82) is 0 Å². The van der Waals surface area contributed by atoms with Gasteiger partial charge in [0.1, 0.15) is 6.04 Å². The van der Waals surface area contributed by atoms with Gasteiger partial charge in [-0.15, -0.1) is 0 Å². The number of hydrogen-bond acceptors (Lipinski definition) is 5. The minimum atomic E-state index is -3.07. The number of nitrogens with one attached hydrogen (secondary N) is 1. The monoisotopic (exact) mass is 434 g/mol. The molecule has 2 atom stereocenters. The fourth-order valence-corrected chi connectivity index (χ4v) is 2.53. The maximum absolute atomic E-state index is 12.3. The van der Waals surface area contributed by atoms with Crippen LogP contribution in [0.3, 0.4) is 0 Å². The van der Waals surface area contributed by atoms with E-state index in [1.165, 1.54) is 18.4 Å². The Hall–Kier alpha value is 0.324. The first kappa shape index (κ1) is 22.6. The van der Waals surface area contributed by atoms with E-state index in [-0.39, 0.29) is 54.5 Å². The van der Waals surface area contributed by atoms with Crippen LogP contribution in [0.2, 0.25) is 0 Å². The standard InChI is InChI=1S/C11H22N2O5P.Pr/c1-6-17-10(14)8-13(4)19(5,16)12-9(3)11(15)18-7-2;/h8-9H,6-7H2,1-5H3,(H,12,16);/q-1;. The molecule has 9 heteroatoms. The summed E-state index contributed by atoms with van der Waals surface area (Å²) in [6, 6.07) is -0.728. The number of carbonyl (C=O) groups excluding carboxylic acids is 2. The first-order chi connectivity index (χ1) is 8.74. The summed E-state index contributed by atoms with van der Waals surface area (Å²) in [5, 5.41) is 2.66. The summed E-state index contributed by atoms with van der Waals surface area (Å²) in [4.78, 5) is 22.7. The van der Waals surface area contributed by atoms with Crippen molar-refractivity contribution in [3.05, 3.63) is 6.54 Å². The van der Waals surface area contributed by atoms with Crippen molar-refractivity contribution in [2.24, 2.45) is 0 Å². The molecule has 20 heavy (non-hydrogen) atoms. The van der Waals surface area contributed by atoms with Crippen molar-refractivity contribution < 1.29 is 64.9 Å². The van der Waals surface area contributed by atoms with Crippen molar-refractivity contribution in [1.82, 2.24) is 9.76 Å². The number of nitrogens with zero attached hydrogens (tertiary/aromatic N) is 1. The van der Waals surface area contributed by atoms with E-state index in [0.29, 0.717) is 0 Å². The Kier molecular flexibility index (Phi) is 12.4. The maximum Gasteiger partial charge on any atom is 0.323 e. The Morgan fingerprint density at radius 1 is 1.30 bits per heavy atom. The molecule has 0 heterocycles. The Bertz CT molecular complexity index is 367. The van der Waals surface area contributed by atoms with Crippen molar-refractivity contribution in [3.63, 3.8) is 0 Å². The quantitative estimate of drug-likeness (QED) is 0.347. The minimum absolute atomic E-state index is 0. The summed E-state index contributed by atoms with van der Waals surface area (Å²) in [6.07, 6.45) is 0. The molecule has 2 unspecified atom stereocenters. The van der Waals surface area contributed by atoms with Gasteiger partial charge in [-0.05, 0) is 27.8 Å². The molecule has 0 amide bonds. The molecule has 1 N–H and O–H groups in total. The molecule has 0 aliphatic rings. The van der Waals surface area contributed by atoms with Crippen molar-refractivity contribution in [2.45, 2.75) is 26.8 Å². The van der Waals surface area contributed by atoms with E-state index in [0.717, 1.165) is 6.54 Å². The second-order valence-corrected chi connectivity index (χ2v) is 6.58. The molecule has 0 saturated carbocycles. The third-order valence-corrected chi connectivity index (χ3v) is 4.44. The zero-order valence-corrected chi connectivity index (χ0v) is 17.2. The first-order valence-electron chi connectivity index (χ1n) is 6.01. The van der Waals surface area contributed by atoms with Crippen LogP contribution in [0.25, 0.3) is 0 Å². The van der Waals surface area contributed by atoms with Gasteiger partial charge in [0, 0.05) is 48.0 Å². The Morgan fingerprint density at radius 3 is 2.25 bits per heavy atom. The smallest absolute Gasteiger partial charge is 0.323 e. The van der Waals surface area contributed by atoms with Gasteiger partial charge in [0.2, 0.25) is 0 Å². The van der Waals surface area contributed by atoms with E-state index in [1.807, 2.05) is 0 Å². The van der Waals surface area contributed by atoms with Gasteiger partial charge < -0.3 is 14.1 Å². The molecular formula is C11H22N2O5PPr-. The van der Waals surface area contributed by atoms with Gasteiger partial charge in [-0.25, -0.2) is 11.6 Å². The number of rotatable bonds is 8. The molecule has 0 aromatic heterocycles. The number of hydrogen-bond donors (Lipinski definition) is 1. The van der Waals surface area contributed by atoms with E-state index < -0.39 is 25.4 Å². The normalized spacial score (nSPS) is 14.7. The summed E-state index contributed by atoms with van der Waals surface area (Å²) >= 11 is 0. The van der Waals surface area contributed by atoms with E-state index >= 15 is 0 Å². The van der Waals surface area contributed by atoms with Gasteiger partial charge in [-0.3, -0.25) is 14.2 Å². The molecule has 1 radical (unpaired) electrons. The van der Waals surface area contributed by atoms with Crippen LogP contribution < -0.4 is 5.09 Å². The molecule has 0 aliphatic heterocycles. The average molecular weight is 434 g/mol. The summed E-state index contributed by atoms with van der Waals surface area (Å²) in [5.41, 5.74) is 0. The van der Waals surface area contributed by atoms with E-state index in [2.05, 4.69) is 5.09 Å². The second kappa shape index (κ2) is 11.0. The average Bonchev–Trinajstić information content (AvgIpc) is 2.28. The fourth-order valence-electron chi connectivity index (χ4n) is 1.21. The zero-order valence-electron chi connectivity index (χ0n) is 12.6. The number of esters is 2. The predicted molar refractivity (Wildman–Crippen MR) is 71.5 cm³/mol. The van der Waals surface area contributed by atoms with Gasteiger partial charge in [0.15, 0.2) is 13.4 Å². The van der Waals surface area contributed by atoms with Gasteiger partial charge >= 0.3 is 5.97 Å². The fraction of sp³-hybridized carbons (Fsp3) is 0.727. The minimum Gasteiger partial charge on any atom is -0.487 e. The predicted octanol–water partition coefficient (Wildman–Crippen LogP) is 1.01. The molecule has 0 aromatic rings. The molecule has 0 bridgehead atoms. The van der Waals surface area contributed by atoms with Crippen LogP contribution >= 0.6 is 7.44 Å². The topological polar surface area (TPSA) is 84.9 Å². The molecular weight excluding hydrogens is 412 g/mol. The zero-order chi connectivity index (χ0) is 15.1. The summed E-state index contributed by atoms with van der Waals surface area (Å²) in [6.45, 7) is 7.92. The third-order valence-electron chi connectivity index (χ3n) is 2.25. The second-order valence-electron chi connectivity index (χ2n) is 3.94. The van der Waals surface area contributed by atoms with Gasteiger partial charge in [-0.2, -0.15) is 0 Å². The van der Waals surface area contributed by atoms with Crippen LogP contribution in [0.1, 0.15) is 20.8 Å². The summed E-state index contributed by atoms with van der Waals surface area (Å²) in [7, 11) is -1.59. The van der Waals surface area contributed by atoms with Crippen LogP contribution in [0, 0.1) is 47.8 Å². The number of carbonyl (C=O) groups is 2. The number of ether oxygens (including phenoxy) is 2. The van der Waals surface area contributed by atoms with Crippen molar-refractivity contribution in [2.75, 3.05) is 26.9 Å². The van der Waals surface area contributed by atoms with E-state index in [4.69, 9.17) is 9.47 Å². The molecule has 0 saturated heterocycles. The largest absolute Gasteiger partial charge is 0.487 e. The summed E-state index contributed by atoms with van der Waals surface area (Å²) in [5.74, 6) is -1.08. The Labute approximate surface area is 153 Å². The molecule has 0 aromatic carbocycles. The maximum atomic E-state index is 12.3. The van der Waals surface area contributed by atoms with Crippen LogP contribution in [-0.2, 0) is 23.6 Å². The molecule has 115 valence electrons. The SMILES string of the molecule is CCOC(=O)[CH-]N(C)P(C)(=O)NC(C)C(=O)OCC.[Pr].